The number of aryl methyl sites for hydroxylation is 2. The lowest BCUT2D eigenvalue weighted by Gasteiger charge is -2.12. The lowest BCUT2D eigenvalue weighted by Crippen LogP contribution is -2.27. The Kier molecular flexibility index (Phi) is 6.51. The van der Waals surface area contributed by atoms with Gasteiger partial charge in [-0.25, -0.2) is 4.79 Å². The number of hydrogen-bond acceptors (Lipinski definition) is 5. The van der Waals surface area contributed by atoms with Crippen molar-refractivity contribution in [3.63, 3.8) is 0 Å². The van der Waals surface area contributed by atoms with Gasteiger partial charge in [-0.3, -0.25) is 9.59 Å². The van der Waals surface area contributed by atoms with Crippen molar-refractivity contribution in [2.45, 2.75) is 27.3 Å². The van der Waals surface area contributed by atoms with Gasteiger partial charge in [-0.15, -0.1) is 0 Å². The molecule has 7 heteroatoms. The number of rotatable bonds is 7. The Balaban J connectivity index is 1.80. The molecule has 156 valence electrons. The monoisotopic (exact) mass is 408 g/mol. The highest BCUT2D eigenvalue weighted by Gasteiger charge is 2.12. The third-order valence-corrected chi connectivity index (χ3v) is 4.61. The van der Waals surface area contributed by atoms with Crippen LogP contribution in [0.4, 0.5) is 5.69 Å². The summed E-state index contributed by atoms with van der Waals surface area (Å²) >= 11 is 0. The fourth-order valence-corrected chi connectivity index (χ4v) is 3.09. The van der Waals surface area contributed by atoms with Gasteiger partial charge in [0.2, 0.25) is 5.91 Å². The number of ether oxygens (including phenoxy) is 2. The number of carbonyl (C=O) groups is 2. The van der Waals surface area contributed by atoms with Crippen molar-refractivity contribution < 1.29 is 19.1 Å². The minimum atomic E-state index is -0.481. The van der Waals surface area contributed by atoms with E-state index in [2.05, 4.69) is 5.32 Å². The van der Waals surface area contributed by atoms with Crippen LogP contribution >= 0.6 is 0 Å². The smallest absolute Gasteiger partial charge is 0.344 e. The standard InChI is InChI=1S/C23H24N2O5/c1-4-29-22(27)14-30-20-7-5-6-18-17(20)10-11-25(23(18)28)13-21(26)24-19-12-15(2)8-9-16(19)3/h5-12H,4,13-14H2,1-3H3,(H,24,26). The summed E-state index contributed by atoms with van der Waals surface area (Å²) in [4.78, 5) is 36.9. The van der Waals surface area contributed by atoms with Crippen LogP contribution in [-0.2, 0) is 20.9 Å². The van der Waals surface area contributed by atoms with Crippen LogP contribution in [0, 0.1) is 13.8 Å². The van der Waals surface area contributed by atoms with Crippen molar-refractivity contribution in [1.82, 2.24) is 4.57 Å². The first kappa shape index (κ1) is 21.1. The summed E-state index contributed by atoms with van der Waals surface area (Å²) in [6.07, 6.45) is 1.55. The zero-order valence-corrected chi connectivity index (χ0v) is 17.2. The predicted octanol–water partition coefficient (Wildman–Crippen LogP) is 3.20. The second kappa shape index (κ2) is 9.26. The minimum Gasteiger partial charge on any atom is -0.481 e. The summed E-state index contributed by atoms with van der Waals surface area (Å²) in [5.41, 5.74) is 2.39. The third kappa shape index (κ3) is 4.86. The van der Waals surface area contributed by atoms with Crippen LogP contribution in [0.1, 0.15) is 18.1 Å². The van der Waals surface area contributed by atoms with Crippen LogP contribution in [0.3, 0.4) is 0 Å². The van der Waals surface area contributed by atoms with E-state index in [4.69, 9.17) is 9.47 Å². The topological polar surface area (TPSA) is 86.6 Å². The molecule has 0 saturated heterocycles. The number of anilines is 1. The third-order valence-electron chi connectivity index (χ3n) is 4.61. The lowest BCUT2D eigenvalue weighted by atomic mass is 10.1. The number of amides is 1. The average molecular weight is 408 g/mol. The second-order valence-corrected chi connectivity index (χ2v) is 6.93. The average Bonchev–Trinajstić information content (AvgIpc) is 2.71. The number of fused-ring (bicyclic) bond motifs is 1. The summed E-state index contributed by atoms with van der Waals surface area (Å²) in [6.45, 7) is 5.49. The van der Waals surface area contributed by atoms with Gasteiger partial charge in [0, 0.05) is 17.3 Å². The van der Waals surface area contributed by atoms with Gasteiger partial charge < -0.3 is 19.4 Å². The SMILES string of the molecule is CCOC(=O)COc1cccc2c(=O)n(CC(=O)Nc3cc(C)ccc3C)ccc12. The first-order valence-electron chi connectivity index (χ1n) is 9.66. The number of nitrogens with zero attached hydrogens (tertiary/aromatic N) is 1. The molecule has 3 aromatic rings. The highest BCUT2D eigenvalue weighted by atomic mass is 16.6. The molecule has 0 radical (unpaired) electrons. The van der Waals surface area contributed by atoms with Gasteiger partial charge in [-0.05, 0) is 56.2 Å². The van der Waals surface area contributed by atoms with Crippen molar-refractivity contribution in [2.24, 2.45) is 0 Å². The van der Waals surface area contributed by atoms with Gasteiger partial charge in [-0.1, -0.05) is 18.2 Å². The molecule has 30 heavy (non-hydrogen) atoms. The molecule has 0 unspecified atom stereocenters. The number of nitrogens with one attached hydrogen (secondary N) is 1. The first-order valence-corrected chi connectivity index (χ1v) is 9.66. The maximum atomic E-state index is 12.9. The molecule has 1 heterocycles. The fourth-order valence-electron chi connectivity index (χ4n) is 3.09. The molecule has 0 spiro atoms. The summed E-state index contributed by atoms with van der Waals surface area (Å²) in [6, 6.07) is 12.5. The van der Waals surface area contributed by atoms with E-state index in [9.17, 15) is 14.4 Å². The van der Waals surface area contributed by atoms with Gasteiger partial charge in [0.05, 0.1) is 12.0 Å². The van der Waals surface area contributed by atoms with Crippen LogP contribution in [0.25, 0.3) is 10.8 Å². The molecule has 3 rings (SSSR count). The maximum absolute atomic E-state index is 12.9. The molecule has 2 aromatic carbocycles. The molecule has 1 amide bonds. The second-order valence-electron chi connectivity index (χ2n) is 6.93. The highest BCUT2D eigenvalue weighted by molar-refractivity contribution is 5.92. The Morgan fingerprint density at radius 1 is 1.07 bits per heavy atom. The van der Waals surface area contributed by atoms with Crippen LogP contribution < -0.4 is 15.6 Å². The number of aromatic nitrogens is 1. The maximum Gasteiger partial charge on any atom is 0.344 e. The van der Waals surface area contributed by atoms with Crippen molar-refractivity contribution in [3.8, 4) is 5.75 Å². The van der Waals surface area contributed by atoms with E-state index in [0.717, 1.165) is 16.8 Å². The Hall–Kier alpha value is -3.61. The number of hydrogen-bond donors (Lipinski definition) is 1. The van der Waals surface area contributed by atoms with Gasteiger partial charge >= 0.3 is 5.97 Å². The highest BCUT2D eigenvalue weighted by Crippen LogP contribution is 2.23. The number of pyridine rings is 1. The number of esters is 1. The summed E-state index contributed by atoms with van der Waals surface area (Å²) in [5, 5.41) is 3.83. The van der Waals surface area contributed by atoms with Crippen molar-refractivity contribution in [1.29, 1.82) is 0 Å². The normalized spacial score (nSPS) is 10.6. The summed E-state index contributed by atoms with van der Waals surface area (Å²) < 4.78 is 11.7. The van der Waals surface area contributed by atoms with E-state index in [1.54, 1.807) is 37.4 Å². The molecule has 1 aromatic heterocycles. The molecule has 0 aliphatic rings. The lowest BCUT2D eigenvalue weighted by molar-refractivity contribution is -0.145. The molecule has 1 N–H and O–H groups in total. The van der Waals surface area contributed by atoms with Crippen molar-refractivity contribution in [3.05, 3.63) is 70.1 Å². The Bertz CT molecular complexity index is 1150. The predicted molar refractivity (Wildman–Crippen MR) is 115 cm³/mol. The fraction of sp³-hybridized carbons (Fsp3) is 0.261. The first-order chi connectivity index (χ1) is 14.4. The Morgan fingerprint density at radius 2 is 1.87 bits per heavy atom. The quantitative estimate of drug-likeness (QED) is 0.607. The summed E-state index contributed by atoms with van der Waals surface area (Å²) in [7, 11) is 0. The Morgan fingerprint density at radius 3 is 2.63 bits per heavy atom. The molecule has 0 atom stereocenters. The van der Waals surface area contributed by atoms with Gasteiger partial charge in [-0.2, -0.15) is 0 Å². The van der Waals surface area contributed by atoms with Crippen molar-refractivity contribution >= 4 is 28.3 Å². The van der Waals surface area contributed by atoms with Gasteiger partial charge in [0.15, 0.2) is 6.61 Å². The van der Waals surface area contributed by atoms with Crippen LogP contribution in [0.5, 0.6) is 5.75 Å². The largest absolute Gasteiger partial charge is 0.481 e. The van der Waals surface area contributed by atoms with E-state index in [1.807, 2.05) is 32.0 Å². The molecule has 0 bridgehead atoms. The van der Waals surface area contributed by atoms with E-state index >= 15 is 0 Å². The van der Waals surface area contributed by atoms with Gasteiger partial charge in [0.25, 0.3) is 5.56 Å². The van der Waals surface area contributed by atoms with Crippen LogP contribution in [0.2, 0.25) is 0 Å². The van der Waals surface area contributed by atoms with Crippen molar-refractivity contribution in [2.75, 3.05) is 18.5 Å². The molecule has 0 fully saturated rings. The van der Waals surface area contributed by atoms with E-state index in [-0.39, 0.29) is 31.2 Å². The molecule has 0 aliphatic heterocycles. The van der Waals surface area contributed by atoms with E-state index < -0.39 is 5.97 Å². The number of carbonyl (C=O) groups excluding carboxylic acids is 2. The molecular formula is C23H24N2O5. The van der Waals surface area contributed by atoms with Crippen LogP contribution in [0.15, 0.2) is 53.5 Å². The summed E-state index contributed by atoms with van der Waals surface area (Å²) in [5.74, 6) is -0.365. The Labute approximate surface area is 174 Å². The van der Waals surface area contributed by atoms with E-state index in [0.29, 0.717) is 16.5 Å². The van der Waals surface area contributed by atoms with Gasteiger partial charge in [0.1, 0.15) is 12.3 Å². The molecule has 7 nitrogen and oxygen atoms in total. The van der Waals surface area contributed by atoms with E-state index in [1.165, 1.54) is 4.57 Å². The molecule has 0 saturated carbocycles. The van der Waals surface area contributed by atoms with Crippen LogP contribution in [-0.4, -0.2) is 29.7 Å². The molecule has 0 aliphatic carbocycles. The molecular weight excluding hydrogens is 384 g/mol. The minimum absolute atomic E-state index is 0.115. The zero-order chi connectivity index (χ0) is 21.7. The zero-order valence-electron chi connectivity index (χ0n) is 17.2. The number of benzene rings is 2.